The zero-order chi connectivity index (χ0) is 10.4. The molecule has 0 aromatic heterocycles. The van der Waals surface area contributed by atoms with Gasteiger partial charge in [0.2, 0.25) is 0 Å². The van der Waals surface area contributed by atoms with Gasteiger partial charge in [0.25, 0.3) is 0 Å². The molecule has 1 aromatic carbocycles. The Morgan fingerprint density at radius 2 is 1.86 bits per heavy atom. The van der Waals surface area contributed by atoms with Crippen molar-refractivity contribution in [3.05, 3.63) is 35.9 Å². The van der Waals surface area contributed by atoms with E-state index in [2.05, 4.69) is 42.7 Å². The highest BCUT2D eigenvalue weighted by molar-refractivity contribution is 5.18. The van der Waals surface area contributed by atoms with Crippen LogP contribution in [-0.2, 0) is 0 Å². The molecule has 0 spiro atoms. The van der Waals surface area contributed by atoms with Crippen molar-refractivity contribution in [3.8, 4) is 0 Å². The summed E-state index contributed by atoms with van der Waals surface area (Å²) in [7, 11) is 4.04. The van der Waals surface area contributed by atoms with E-state index in [0.29, 0.717) is 5.92 Å². The van der Waals surface area contributed by atoms with Crippen molar-refractivity contribution >= 4 is 0 Å². The first kappa shape index (κ1) is 11.2. The first-order chi connectivity index (χ1) is 6.70. The maximum absolute atomic E-state index is 3.28. The van der Waals surface area contributed by atoms with Gasteiger partial charge in [0, 0.05) is 20.6 Å². The Labute approximate surface area is 86.9 Å². The maximum atomic E-state index is 3.28. The van der Waals surface area contributed by atoms with Crippen molar-refractivity contribution in [1.29, 1.82) is 0 Å². The molecule has 1 rings (SSSR count). The quantitative estimate of drug-likeness (QED) is 0.720. The molecule has 2 heteroatoms. The van der Waals surface area contributed by atoms with E-state index in [4.69, 9.17) is 0 Å². The molecule has 0 heterocycles. The summed E-state index contributed by atoms with van der Waals surface area (Å²) in [5.41, 5.74) is 4.70. The lowest BCUT2D eigenvalue weighted by Crippen LogP contribution is -2.31. The van der Waals surface area contributed by atoms with Crippen molar-refractivity contribution in [2.45, 2.75) is 19.3 Å². The topological polar surface area (TPSA) is 15.3 Å². The summed E-state index contributed by atoms with van der Waals surface area (Å²) < 4.78 is 0. The van der Waals surface area contributed by atoms with Gasteiger partial charge in [-0.05, 0) is 17.9 Å². The first-order valence-corrected chi connectivity index (χ1v) is 5.16. The van der Waals surface area contributed by atoms with Gasteiger partial charge in [-0.15, -0.1) is 0 Å². The van der Waals surface area contributed by atoms with E-state index in [1.54, 1.807) is 0 Å². The second-order valence-electron chi connectivity index (χ2n) is 3.90. The molecule has 0 fully saturated rings. The van der Waals surface area contributed by atoms with Crippen LogP contribution in [0.3, 0.4) is 0 Å². The van der Waals surface area contributed by atoms with Gasteiger partial charge in [-0.2, -0.15) is 0 Å². The maximum Gasteiger partial charge on any atom is 0.0108 e. The summed E-state index contributed by atoms with van der Waals surface area (Å²) in [4.78, 5) is 0. The largest absolute Gasteiger partial charge is 0.256 e. The molecule has 0 aliphatic heterocycles. The molecular weight excluding hydrogens is 172 g/mol. The molecule has 1 N–H and O–H groups in total. The van der Waals surface area contributed by atoms with E-state index in [1.807, 2.05) is 19.1 Å². The van der Waals surface area contributed by atoms with Crippen LogP contribution in [0.4, 0.5) is 0 Å². The second-order valence-corrected chi connectivity index (χ2v) is 3.90. The summed E-state index contributed by atoms with van der Waals surface area (Å²) in [6, 6.07) is 10.7. The van der Waals surface area contributed by atoms with E-state index < -0.39 is 0 Å². The minimum absolute atomic E-state index is 0.628. The van der Waals surface area contributed by atoms with Gasteiger partial charge in [0.15, 0.2) is 0 Å². The standard InChI is InChI=1S/C12H20N2/c1-11(9-10-13-14(2)3)12-7-5-4-6-8-12/h4-8,11,13H,9-10H2,1-3H3. The number of rotatable bonds is 5. The molecule has 0 bridgehead atoms. The molecule has 0 saturated carbocycles. The van der Waals surface area contributed by atoms with Crippen LogP contribution in [0, 0.1) is 0 Å². The minimum atomic E-state index is 0.628. The van der Waals surface area contributed by atoms with Crippen molar-refractivity contribution in [1.82, 2.24) is 10.4 Å². The van der Waals surface area contributed by atoms with Crippen LogP contribution < -0.4 is 5.43 Å². The number of hydrogen-bond donors (Lipinski definition) is 1. The van der Waals surface area contributed by atoms with Crippen LogP contribution >= 0.6 is 0 Å². The Hall–Kier alpha value is -0.860. The first-order valence-electron chi connectivity index (χ1n) is 5.16. The van der Waals surface area contributed by atoms with Crippen LogP contribution in [0.1, 0.15) is 24.8 Å². The van der Waals surface area contributed by atoms with Gasteiger partial charge < -0.3 is 0 Å². The normalized spacial score (nSPS) is 13.1. The van der Waals surface area contributed by atoms with Crippen LogP contribution in [0.15, 0.2) is 30.3 Å². The van der Waals surface area contributed by atoms with Crippen LogP contribution in [0.25, 0.3) is 0 Å². The molecule has 14 heavy (non-hydrogen) atoms. The van der Waals surface area contributed by atoms with Gasteiger partial charge in [-0.1, -0.05) is 37.3 Å². The van der Waals surface area contributed by atoms with E-state index >= 15 is 0 Å². The summed E-state index contributed by atoms with van der Waals surface area (Å²) >= 11 is 0. The fourth-order valence-electron chi connectivity index (χ4n) is 1.45. The van der Waals surface area contributed by atoms with Crippen LogP contribution in [0.2, 0.25) is 0 Å². The van der Waals surface area contributed by atoms with Gasteiger partial charge >= 0.3 is 0 Å². The van der Waals surface area contributed by atoms with E-state index in [-0.39, 0.29) is 0 Å². The molecule has 78 valence electrons. The third-order valence-corrected chi connectivity index (χ3v) is 2.37. The van der Waals surface area contributed by atoms with Crippen LogP contribution in [0.5, 0.6) is 0 Å². The Morgan fingerprint density at radius 3 is 2.43 bits per heavy atom. The molecule has 1 atom stereocenters. The molecule has 0 aliphatic carbocycles. The monoisotopic (exact) mass is 192 g/mol. The predicted octanol–water partition coefficient (Wildman–Crippen LogP) is 2.25. The van der Waals surface area contributed by atoms with Crippen molar-refractivity contribution in [2.75, 3.05) is 20.6 Å². The smallest absolute Gasteiger partial charge is 0.0108 e. The third kappa shape index (κ3) is 3.90. The van der Waals surface area contributed by atoms with Gasteiger partial charge in [-0.3, -0.25) is 10.4 Å². The molecule has 2 nitrogen and oxygen atoms in total. The highest BCUT2D eigenvalue weighted by atomic mass is 15.5. The Kier molecular flexibility index (Phi) is 4.63. The molecular formula is C12H20N2. The lowest BCUT2D eigenvalue weighted by molar-refractivity contribution is 0.284. The number of hydrogen-bond acceptors (Lipinski definition) is 2. The molecule has 1 aromatic rings. The molecule has 1 unspecified atom stereocenters. The summed E-state index contributed by atoms with van der Waals surface area (Å²) in [6.07, 6.45) is 1.17. The number of benzene rings is 1. The molecule has 0 radical (unpaired) electrons. The highest BCUT2D eigenvalue weighted by Gasteiger charge is 2.03. The van der Waals surface area contributed by atoms with Gasteiger partial charge in [0.1, 0.15) is 0 Å². The minimum Gasteiger partial charge on any atom is -0.256 e. The van der Waals surface area contributed by atoms with E-state index in [9.17, 15) is 0 Å². The van der Waals surface area contributed by atoms with Gasteiger partial charge in [-0.25, -0.2) is 0 Å². The van der Waals surface area contributed by atoms with Crippen LogP contribution in [-0.4, -0.2) is 25.6 Å². The predicted molar refractivity (Wildman–Crippen MR) is 61.2 cm³/mol. The lowest BCUT2D eigenvalue weighted by Gasteiger charge is -2.15. The second kappa shape index (κ2) is 5.78. The fraction of sp³-hybridized carbons (Fsp3) is 0.500. The van der Waals surface area contributed by atoms with Crippen molar-refractivity contribution < 1.29 is 0 Å². The summed E-state index contributed by atoms with van der Waals surface area (Å²) in [5, 5.41) is 2.00. The average molecular weight is 192 g/mol. The Bertz CT molecular complexity index is 244. The molecule has 0 saturated heterocycles. The zero-order valence-electron chi connectivity index (χ0n) is 9.33. The summed E-state index contributed by atoms with van der Waals surface area (Å²) in [6.45, 7) is 3.30. The highest BCUT2D eigenvalue weighted by Crippen LogP contribution is 2.17. The Balaban J connectivity index is 2.32. The van der Waals surface area contributed by atoms with E-state index in [1.165, 1.54) is 12.0 Å². The third-order valence-electron chi connectivity index (χ3n) is 2.37. The zero-order valence-corrected chi connectivity index (χ0v) is 9.33. The van der Waals surface area contributed by atoms with E-state index in [0.717, 1.165) is 6.54 Å². The molecule has 0 amide bonds. The average Bonchev–Trinajstić information content (AvgIpc) is 2.18. The number of nitrogens with one attached hydrogen (secondary N) is 1. The van der Waals surface area contributed by atoms with Crippen molar-refractivity contribution in [3.63, 3.8) is 0 Å². The lowest BCUT2D eigenvalue weighted by atomic mass is 9.98. The number of nitrogens with zero attached hydrogens (tertiary/aromatic N) is 1. The molecule has 0 aliphatic rings. The number of hydrazine groups is 1. The summed E-state index contributed by atoms with van der Waals surface area (Å²) in [5.74, 6) is 0.628. The van der Waals surface area contributed by atoms with Gasteiger partial charge in [0.05, 0.1) is 0 Å². The fourth-order valence-corrected chi connectivity index (χ4v) is 1.45. The Morgan fingerprint density at radius 1 is 1.21 bits per heavy atom. The SMILES string of the molecule is CC(CCNN(C)C)c1ccccc1. The van der Waals surface area contributed by atoms with Crippen molar-refractivity contribution in [2.24, 2.45) is 0 Å².